The summed E-state index contributed by atoms with van der Waals surface area (Å²) in [4.78, 5) is 12.7. The van der Waals surface area contributed by atoms with E-state index in [9.17, 15) is 4.79 Å². The zero-order valence-corrected chi connectivity index (χ0v) is 13.4. The van der Waals surface area contributed by atoms with E-state index in [1.54, 1.807) is 0 Å². The molecule has 0 heterocycles. The van der Waals surface area contributed by atoms with E-state index in [0.717, 1.165) is 12.0 Å². The van der Waals surface area contributed by atoms with E-state index in [4.69, 9.17) is 10.5 Å². The van der Waals surface area contributed by atoms with Gasteiger partial charge in [-0.3, -0.25) is 4.79 Å². The van der Waals surface area contributed by atoms with Crippen molar-refractivity contribution in [2.75, 3.05) is 6.54 Å². The summed E-state index contributed by atoms with van der Waals surface area (Å²) in [5.74, 6) is -0.183. The molecule has 0 amide bonds. The van der Waals surface area contributed by atoms with Gasteiger partial charge in [0.05, 0.1) is 5.41 Å². The van der Waals surface area contributed by atoms with E-state index in [-0.39, 0.29) is 11.9 Å². The minimum Gasteiger partial charge on any atom is -0.460 e. The molecule has 0 radical (unpaired) electrons. The zero-order chi connectivity index (χ0) is 16.0. The molecule has 2 unspecified atom stereocenters. The molecule has 3 heteroatoms. The molecule has 0 saturated carbocycles. The summed E-state index contributed by atoms with van der Waals surface area (Å²) in [6.45, 7) is 4.87. The van der Waals surface area contributed by atoms with Crippen LogP contribution in [0.25, 0.3) is 0 Å². The van der Waals surface area contributed by atoms with Crippen LogP contribution in [0.3, 0.4) is 0 Å². The maximum atomic E-state index is 12.7. The topological polar surface area (TPSA) is 52.3 Å². The van der Waals surface area contributed by atoms with E-state index in [1.807, 2.05) is 49.4 Å². The molecule has 2 N–H and O–H groups in total. The van der Waals surface area contributed by atoms with E-state index in [0.29, 0.717) is 19.6 Å². The Balaban J connectivity index is 2.14. The average Bonchev–Trinajstić information content (AvgIpc) is 2.59. The summed E-state index contributed by atoms with van der Waals surface area (Å²) in [6.07, 6.45) is 7.81. The second-order valence-electron chi connectivity index (χ2n) is 5.73. The first-order valence-electron chi connectivity index (χ1n) is 7.97. The van der Waals surface area contributed by atoms with Gasteiger partial charge in [0.1, 0.15) is 6.61 Å². The standard InChI is InChI=1S/C19H25NO2/c1-3-15-10-11-19(4-2,17(12-15)13-20)18(21)22-14-16-8-6-5-7-9-16/h5-12,17H,3-4,13-14,20H2,1-2H3. The first kappa shape index (κ1) is 16.5. The van der Waals surface area contributed by atoms with Crippen LogP contribution in [-0.4, -0.2) is 12.5 Å². The fourth-order valence-corrected chi connectivity index (χ4v) is 2.96. The number of ether oxygens (including phenoxy) is 1. The Labute approximate surface area is 132 Å². The van der Waals surface area contributed by atoms with Crippen LogP contribution < -0.4 is 5.73 Å². The summed E-state index contributed by atoms with van der Waals surface area (Å²) in [6, 6.07) is 9.75. The maximum Gasteiger partial charge on any atom is 0.316 e. The van der Waals surface area contributed by atoms with Crippen molar-refractivity contribution in [2.45, 2.75) is 33.3 Å². The number of carbonyl (C=O) groups excluding carboxylic acids is 1. The Hall–Kier alpha value is -1.87. The van der Waals surface area contributed by atoms with Crippen LogP contribution in [0.4, 0.5) is 0 Å². The van der Waals surface area contributed by atoms with Crippen molar-refractivity contribution in [3.8, 4) is 0 Å². The summed E-state index contributed by atoms with van der Waals surface area (Å²) < 4.78 is 5.59. The average molecular weight is 299 g/mol. The van der Waals surface area contributed by atoms with E-state index >= 15 is 0 Å². The van der Waals surface area contributed by atoms with E-state index in [1.165, 1.54) is 5.57 Å². The summed E-state index contributed by atoms with van der Waals surface area (Å²) in [7, 11) is 0. The molecule has 0 fully saturated rings. The van der Waals surface area contributed by atoms with Crippen molar-refractivity contribution in [3.63, 3.8) is 0 Å². The van der Waals surface area contributed by atoms with Crippen molar-refractivity contribution >= 4 is 5.97 Å². The van der Waals surface area contributed by atoms with Crippen molar-refractivity contribution < 1.29 is 9.53 Å². The number of esters is 1. The molecule has 1 aliphatic rings. The number of hydrogen-bond donors (Lipinski definition) is 1. The molecule has 3 nitrogen and oxygen atoms in total. The van der Waals surface area contributed by atoms with Gasteiger partial charge in [-0.15, -0.1) is 0 Å². The van der Waals surface area contributed by atoms with Gasteiger partial charge in [0, 0.05) is 12.5 Å². The van der Waals surface area contributed by atoms with Crippen molar-refractivity contribution in [1.82, 2.24) is 0 Å². The number of carbonyl (C=O) groups is 1. The molecule has 118 valence electrons. The molecule has 1 aliphatic carbocycles. The zero-order valence-electron chi connectivity index (χ0n) is 13.4. The predicted octanol–water partition coefficient (Wildman–Crippen LogP) is 3.61. The smallest absolute Gasteiger partial charge is 0.316 e. The SMILES string of the molecule is CCC1=CC(CN)C(CC)(C(=O)OCc2ccccc2)C=C1. The van der Waals surface area contributed by atoms with Gasteiger partial charge in [-0.2, -0.15) is 0 Å². The summed E-state index contributed by atoms with van der Waals surface area (Å²) >= 11 is 0. The van der Waals surface area contributed by atoms with Gasteiger partial charge in [-0.1, -0.05) is 68.0 Å². The fraction of sp³-hybridized carbons (Fsp3) is 0.421. The van der Waals surface area contributed by atoms with Crippen LogP contribution in [0.2, 0.25) is 0 Å². The highest BCUT2D eigenvalue weighted by atomic mass is 16.5. The van der Waals surface area contributed by atoms with Crippen LogP contribution in [-0.2, 0) is 16.1 Å². The highest BCUT2D eigenvalue weighted by molar-refractivity contribution is 5.80. The Morgan fingerprint density at radius 2 is 2.00 bits per heavy atom. The quantitative estimate of drug-likeness (QED) is 0.816. The van der Waals surface area contributed by atoms with E-state index in [2.05, 4.69) is 13.0 Å². The lowest BCUT2D eigenvalue weighted by molar-refractivity contribution is -0.156. The molecule has 0 aromatic heterocycles. The van der Waals surface area contributed by atoms with Gasteiger partial charge in [-0.25, -0.2) is 0 Å². The third kappa shape index (κ3) is 3.30. The molecule has 2 rings (SSSR count). The van der Waals surface area contributed by atoms with Gasteiger partial charge >= 0.3 is 5.97 Å². The number of hydrogen-bond acceptors (Lipinski definition) is 3. The predicted molar refractivity (Wildman–Crippen MR) is 89.0 cm³/mol. The van der Waals surface area contributed by atoms with Gasteiger partial charge in [-0.05, 0) is 18.4 Å². The third-order valence-corrected chi connectivity index (χ3v) is 4.51. The largest absolute Gasteiger partial charge is 0.460 e. The highest BCUT2D eigenvalue weighted by Gasteiger charge is 2.43. The molecule has 1 aromatic rings. The summed E-state index contributed by atoms with van der Waals surface area (Å²) in [5.41, 5.74) is 7.52. The van der Waals surface area contributed by atoms with Crippen LogP contribution in [0, 0.1) is 11.3 Å². The lowest BCUT2D eigenvalue weighted by Crippen LogP contribution is -2.42. The highest BCUT2D eigenvalue weighted by Crippen LogP contribution is 2.40. The number of allylic oxidation sites excluding steroid dienone is 2. The first-order chi connectivity index (χ1) is 10.7. The monoisotopic (exact) mass is 299 g/mol. The second-order valence-corrected chi connectivity index (χ2v) is 5.73. The lowest BCUT2D eigenvalue weighted by Gasteiger charge is -2.36. The van der Waals surface area contributed by atoms with Crippen LogP contribution in [0.15, 0.2) is 54.1 Å². The molecule has 0 aliphatic heterocycles. The maximum absolute atomic E-state index is 12.7. The Bertz CT molecular complexity index is 562. The van der Waals surface area contributed by atoms with Gasteiger partial charge in [0.25, 0.3) is 0 Å². The van der Waals surface area contributed by atoms with Gasteiger partial charge in [0.2, 0.25) is 0 Å². The minimum absolute atomic E-state index is 0.000670. The van der Waals surface area contributed by atoms with Crippen molar-refractivity contribution in [3.05, 3.63) is 59.7 Å². The Morgan fingerprint density at radius 3 is 2.59 bits per heavy atom. The number of benzene rings is 1. The molecule has 1 aromatic carbocycles. The molecule has 22 heavy (non-hydrogen) atoms. The minimum atomic E-state index is -0.637. The van der Waals surface area contributed by atoms with Crippen molar-refractivity contribution in [2.24, 2.45) is 17.1 Å². The van der Waals surface area contributed by atoms with Gasteiger partial charge < -0.3 is 10.5 Å². The molecule has 0 spiro atoms. The van der Waals surface area contributed by atoms with Crippen LogP contribution >= 0.6 is 0 Å². The number of nitrogens with two attached hydrogens (primary N) is 1. The van der Waals surface area contributed by atoms with Gasteiger partial charge in [0.15, 0.2) is 0 Å². The third-order valence-electron chi connectivity index (χ3n) is 4.51. The Kier molecular flexibility index (Phi) is 5.56. The first-order valence-corrected chi connectivity index (χ1v) is 7.97. The second kappa shape index (κ2) is 7.41. The number of rotatable bonds is 6. The van der Waals surface area contributed by atoms with Crippen LogP contribution in [0.5, 0.6) is 0 Å². The van der Waals surface area contributed by atoms with E-state index < -0.39 is 5.41 Å². The molecule has 2 atom stereocenters. The Morgan fingerprint density at radius 1 is 1.27 bits per heavy atom. The molecule has 0 saturated heterocycles. The normalized spacial score (nSPS) is 24.0. The molecule has 0 bridgehead atoms. The van der Waals surface area contributed by atoms with Crippen LogP contribution in [0.1, 0.15) is 32.3 Å². The fourth-order valence-electron chi connectivity index (χ4n) is 2.96. The van der Waals surface area contributed by atoms with Crippen molar-refractivity contribution in [1.29, 1.82) is 0 Å². The summed E-state index contributed by atoms with van der Waals surface area (Å²) in [5, 5.41) is 0. The lowest BCUT2D eigenvalue weighted by atomic mass is 9.69. The molecular formula is C19H25NO2. The molecular weight excluding hydrogens is 274 g/mol.